The van der Waals surface area contributed by atoms with Gasteiger partial charge >= 0.3 is 0 Å². The van der Waals surface area contributed by atoms with Crippen LogP contribution in [0.25, 0.3) is 34.0 Å². The Balaban J connectivity index is 1.71. The molecular formula is C30H27N. The number of hydrogen-bond donors (Lipinski definition) is 0. The summed E-state index contributed by atoms with van der Waals surface area (Å²) in [5.74, 6) is 0. The van der Waals surface area contributed by atoms with Crippen LogP contribution in [0.3, 0.4) is 0 Å². The van der Waals surface area contributed by atoms with Gasteiger partial charge in [-0.3, -0.25) is 0 Å². The molecule has 0 radical (unpaired) electrons. The highest BCUT2D eigenvalue weighted by Gasteiger charge is 2.21. The van der Waals surface area contributed by atoms with E-state index in [9.17, 15) is 0 Å². The Bertz CT molecular complexity index is 1230. The molecular weight excluding hydrogens is 374 g/mol. The molecule has 4 aromatic rings. The van der Waals surface area contributed by atoms with Gasteiger partial charge in [-0.2, -0.15) is 0 Å². The van der Waals surface area contributed by atoms with Crippen LogP contribution in [0.1, 0.15) is 40.8 Å². The van der Waals surface area contributed by atoms with Gasteiger partial charge in [-0.25, -0.2) is 4.98 Å². The molecule has 0 bridgehead atoms. The van der Waals surface area contributed by atoms with E-state index in [1.54, 1.807) is 0 Å². The maximum atomic E-state index is 5.21. The minimum atomic E-state index is 1.05. The van der Waals surface area contributed by atoms with Crippen molar-refractivity contribution < 1.29 is 0 Å². The number of pyridine rings is 1. The summed E-state index contributed by atoms with van der Waals surface area (Å²) < 4.78 is 0. The molecule has 152 valence electrons. The summed E-state index contributed by atoms with van der Waals surface area (Å²) in [4.78, 5) is 5.21. The number of rotatable bonds is 3. The lowest BCUT2D eigenvalue weighted by molar-refractivity contribution is 0.813. The van der Waals surface area contributed by atoms with Crippen LogP contribution < -0.4 is 0 Å². The number of allylic oxidation sites excluding steroid dienone is 1. The van der Waals surface area contributed by atoms with E-state index in [0.29, 0.717) is 0 Å². The van der Waals surface area contributed by atoms with Gasteiger partial charge < -0.3 is 0 Å². The number of aryl methyl sites for hydroxylation is 2. The van der Waals surface area contributed by atoms with Crippen LogP contribution in [0.2, 0.25) is 0 Å². The van der Waals surface area contributed by atoms with E-state index in [0.717, 1.165) is 25.0 Å². The van der Waals surface area contributed by atoms with Gasteiger partial charge in [0.15, 0.2) is 0 Å². The lowest BCUT2D eigenvalue weighted by Gasteiger charge is -2.23. The highest BCUT2D eigenvalue weighted by atomic mass is 14.7. The summed E-state index contributed by atoms with van der Waals surface area (Å²) in [5.41, 5.74) is 12.5. The first-order valence-corrected chi connectivity index (χ1v) is 11.1. The predicted octanol–water partition coefficient (Wildman–Crippen LogP) is 7.91. The third-order valence-corrected chi connectivity index (χ3v) is 6.15. The standard InChI is InChI=1S/C30H27N/c1-21-11-15-23(16-12-21)19-26-9-6-10-27-28(24-17-13-22(2)14-18-24)20-29(31-30(26)27)25-7-4-3-5-8-25/h3-5,7-8,11-20H,6,9-10H2,1-2H3/b26-19-. The molecule has 1 nitrogen and oxygen atoms in total. The summed E-state index contributed by atoms with van der Waals surface area (Å²) in [6.07, 6.45) is 5.64. The topological polar surface area (TPSA) is 12.9 Å². The van der Waals surface area contributed by atoms with Crippen molar-refractivity contribution in [1.29, 1.82) is 0 Å². The van der Waals surface area contributed by atoms with Gasteiger partial charge in [0.25, 0.3) is 0 Å². The number of fused-ring (bicyclic) bond motifs is 1. The molecule has 1 heterocycles. The second-order valence-electron chi connectivity index (χ2n) is 8.55. The molecule has 0 aliphatic heterocycles. The molecule has 0 N–H and O–H groups in total. The zero-order valence-electron chi connectivity index (χ0n) is 18.2. The van der Waals surface area contributed by atoms with Gasteiger partial charge in [-0.05, 0) is 73.1 Å². The molecule has 1 aromatic heterocycles. The molecule has 0 amide bonds. The van der Waals surface area contributed by atoms with E-state index in [4.69, 9.17) is 4.98 Å². The molecule has 0 saturated carbocycles. The van der Waals surface area contributed by atoms with E-state index in [-0.39, 0.29) is 0 Å². The largest absolute Gasteiger partial charge is 0.248 e. The van der Waals surface area contributed by atoms with Crippen molar-refractivity contribution in [2.75, 3.05) is 0 Å². The molecule has 5 rings (SSSR count). The average Bonchev–Trinajstić information content (AvgIpc) is 2.81. The zero-order chi connectivity index (χ0) is 21.2. The van der Waals surface area contributed by atoms with Gasteiger partial charge in [0.2, 0.25) is 0 Å². The van der Waals surface area contributed by atoms with Crippen LogP contribution in [-0.2, 0) is 6.42 Å². The Labute approximate surface area is 185 Å². The Morgan fingerprint density at radius 2 is 1.39 bits per heavy atom. The van der Waals surface area contributed by atoms with Crippen molar-refractivity contribution in [3.63, 3.8) is 0 Å². The van der Waals surface area contributed by atoms with Crippen LogP contribution in [0, 0.1) is 13.8 Å². The molecule has 1 aliphatic carbocycles. The fraction of sp³-hybridized carbons (Fsp3) is 0.167. The first-order valence-electron chi connectivity index (χ1n) is 11.1. The van der Waals surface area contributed by atoms with Crippen molar-refractivity contribution in [3.05, 3.63) is 113 Å². The quantitative estimate of drug-likeness (QED) is 0.340. The van der Waals surface area contributed by atoms with Crippen LogP contribution >= 0.6 is 0 Å². The molecule has 0 saturated heterocycles. The van der Waals surface area contributed by atoms with E-state index >= 15 is 0 Å². The molecule has 1 heteroatoms. The van der Waals surface area contributed by atoms with Crippen molar-refractivity contribution >= 4 is 11.6 Å². The van der Waals surface area contributed by atoms with Crippen LogP contribution in [0.15, 0.2) is 84.9 Å². The van der Waals surface area contributed by atoms with Crippen LogP contribution in [0.5, 0.6) is 0 Å². The SMILES string of the molecule is Cc1ccc(/C=C2/CCCc3c(-c4ccc(C)cc4)cc(-c4ccccc4)nc32)cc1. The van der Waals surface area contributed by atoms with Crippen molar-refractivity contribution in [1.82, 2.24) is 4.98 Å². The Hall–Kier alpha value is -3.45. The Morgan fingerprint density at radius 3 is 2.10 bits per heavy atom. The monoisotopic (exact) mass is 401 g/mol. The molecule has 0 atom stereocenters. The number of aromatic nitrogens is 1. The third-order valence-electron chi connectivity index (χ3n) is 6.15. The molecule has 0 spiro atoms. The third kappa shape index (κ3) is 4.09. The first-order chi connectivity index (χ1) is 15.2. The lowest BCUT2D eigenvalue weighted by Crippen LogP contribution is -2.08. The summed E-state index contributed by atoms with van der Waals surface area (Å²) in [5, 5.41) is 0. The summed E-state index contributed by atoms with van der Waals surface area (Å²) >= 11 is 0. The molecule has 0 unspecified atom stereocenters. The van der Waals surface area contributed by atoms with Gasteiger partial charge in [-0.15, -0.1) is 0 Å². The normalized spacial score (nSPS) is 14.5. The molecule has 1 aliphatic rings. The minimum Gasteiger partial charge on any atom is -0.248 e. The number of benzene rings is 3. The van der Waals surface area contributed by atoms with E-state index in [2.05, 4.69) is 105 Å². The summed E-state index contributed by atoms with van der Waals surface area (Å²) in [7, 11) is 0. The Morgan fingerprint density at radius 1 is 0.710 bits per heavy atom. The second kappa shape index (κ2) is 8.35. The summed E-state index contributed by atoms with van der Waals surface area (Å²) in [6, 6.07) is 30.5. The van der Waals surface area contributed by atoms with Crippen molar-refractivity contribution in [3.8, 4) is 22.4 Å². The molecule has 3 aromatic carbocycles. The zero-order valence-corrected chi connectivity index (χ0v) is 18.2. The smallest absolute Gasteiger partial charge is 0.0715 e. The van der Waals surface area contributed by atoms with Gasteiger partial charge in [0.1, 0.15) is 0 Å². The molecule has 0 fully saturated rings. The van der Waals surface area contributed by atoms with E-state index in [1.807, 2.05) is 0 Å². The minimum absolute atomic E-state index is 1.05. The maximum Gasteiger partial charge on any atom is 0.0715 e. The molecule has 31 heavy (non-hydrogen) atoms. The first kappa shape index (κ1) is 19.5. The fourth-order valence-corrected chi connectivity index (χ4v) is 4.42. The van der Waals surface area contributed by atoms with Gasteiger partial charge in [0, 0.05) is 5.56 Å². The summed E-state index contributed by atoms with van der Waals surface area (Å²) in [6.45, 7) is 4.28. The fourth-order valence-electron chi connectivity index (χ4n) is 4.42. The van der Waals surface area contributed by atoms with Crippen molar-refractivity contribution in [2.45, 2.75) is 33.1 Å². The van der Waals surface area contributed by atoms with Crippen LogP contribution in [0.4, 0.5) is 0 Å². The highest BCUT2D eigenvalue weighted by molar-refractivity contribution is 5.87. The van der Waals surface area contributed by atoms with E-state index < -0.39 is 0 Å². The predicted molar refractivity (Wildman–Crippen MR) is 132 cm³/mol. The van der Waals surface area contributed by atoms with Crippen molar-refractivity contribution in [2.24, 2.45) is 0 Å². The average molecular weight is 402 g/mol. The van der Waals surface area contributed by atoms with Crippen LogP contribution in [-0.4, -0.2) is 4.98 Å². The second-order valence-corrected chi connectivity index (χ2v) is 8.55. The maximum absolute atomic E-state index is 5.21. The van der Waals surface area contributed by atoms with E-state index in [1.165, 1.54) is 50.2 Å². The number of nitrogens with zero attached hydrogens (tertiary/aromatic N) is 1. The number of hydrogen-bond acceptors (Lipinski definition) is 1. The van der Waals surface area contributed by atoms with Gasteiger partial charge in [-0.1, -0.05) is 90.0 Å². The Kier molecular flexibility index (Phi) is 5.26. The highest BCUT2D eigenvalue weighted by Crippen LogP contribution is 2.39. The van der Waals surface area contributed by atoms with Gasteiger partial charge in [0.05, 0.1) is 11.4 Å². The lowest BCUT2D eigenvalue weighted by atomic mass is 9.84.